The van der Waals surface area contributed by atoms with Crippen LogP contribution in [0.2, 0.25) is 0 Å². The maximum atomic E-state index is 3.55. The van der Waals surface area contributed by atoms with Crippen LogP contribution in [0.1, 0.15) is 0 Å². The van der Waals surface area contributed by atoms with Crippen molar-refractivity contribution in [1.82, 2.24) is 0 Å². The molecule has 0 amide bonds. The molecule has 0 atom stereocenters. The number of rotatable bonds is 2. The van der Waals surface area contributed by atoms with Crippen molar-refractivity contribution in [3.05, 3.63) is 22.5 Å². The van der Waals surface area contributed by atoms with Gasteiger partial charge in [0.1, 0.15) is 0 Å². The molecule has 0 heterocycles. The fraction of sp³-hybridized carbons (Fsp3) is 0.200. The van der Waals surface area contributed by atoms with E-state index < -0.39 is 0 Å². The molecule has 7 heavy (non-hydrogen) atoms. The molecule has 0 aliphatic heterocycles. The van der Waals surface area contributed by atoms with Crippen LogP contribution in [0.4, 0.5) is 0 Å². The second-order valence-electron chi connectivity index (χ2n) is 0.943. The molecule has 0 rings (SSSR count). The molecule has 0 aromatic carbocycles. The van der Waals surface area contributed by atoms with Crippen molar-refractivity contribution in [3.8, 4) is 0 Å². The van der Waals surface area contributed by atoms with E-state index in [1.807, 2.05) is 11.7 Å². The Hall–Kier alpha value is 0.310. The minimum atomic E-state index is 1.04. The molecule has 40 valence electrons. The van der Waals surface area contributed by atoms with Crippen molar-refractivity contribution in [2.75, 3.05) is 6.26 Å². The maximum Gasteiger partial charge on any atom is 0.0232 e. The molecule has 0 aliphatic carbocycles. The van der Waals surface area contributed by atoms with Gasteiger partial charge in [-0.25, -0.2) is 0 Å². The van der Waals surface area contributed by atoms with Crippen molar-refractivity contribution >= 4 is 27.7 Å². The highest BCUT2D eigenvalue weighted by Gasteiger charge is 1.74. The monoisotopic (exact) mass is 178 g/mol. The maximum absolute atomic E-state index is 3.55. The smallest absolute Gasteiger partial charge is 0.0232 e. The third kappa shape index (κ3) is 4.16. The second-order valence-corrected chi connectivity index (χ2v) is 2.57. The lowest BCUT2D eigenvalue weighted by Gasteiger charge is -1.80. The van der Waals surface area contributed by atoms with E-state index in [4.69, 9.17) is 0 Å². The molecule has 0 fully saturated rings. The molecule has 0 nitrogen and oxygen atoms in total. The predicted octanol–water partition coefficient (Wildman–Crippen LogP) is 2.77. The number of allylic oxidation sites excluding steroid dienone is 2. The van der Waals surface area contributed by atoms with Crippen LogP contribution in [0.15, 0.2) is 22.5 Å². The summed E-state index contributed by atoms with van der Waals surface area (Å²) in [7, 11) is 0. The van der Waals surface area contributed by atoms with Crippen molar-refractivity contribution in [1.29, 1.82) is 0 Å². The van der Waals surface area contributed by atoms with E-state index in [1.54, 1.807) is 17.8 Å². The largest absolute Gasteiger partial charge is 0.136 e. The van der Waals surface area contributed by atoms with Crippen LogP contribution in [0.3, 0.4) is 0 Å². The van der Waals surface area contributed by atoms with Gasteiger partial charge in [-0.15, -0.1) is 11.8 Å². The van der Waals surface area contributed by atoms with Gasteiger partial charge in [0.25, 0.3) is 0 Å². The molecular weight excluding hydrogens is 172 g/mol. The first-order chi connectivity index (χ1) is 3.31. The zero-order valence-corrected chi connectivity index (χ0v) is 6.55. The summed E-state index contributed by atoms with van der Waals surface area (Å²) in [5, 5.41) is 1.98. The summed E-state index contributed by atoms with van der Waals surface area (Å²) < 4.78 is 1.04. The standard InChI is InChI=1S/C5H7BrS/c1-3-5(6)4-7-2/h3-4H,1H2,2H3/b5-4+. The molecule has 0 spiro atoms. The third-order valence-corrected chi connectivity index (χ3v) is 1.77. The Morgan fingerprint density at radius 2 is 2.43 bits per heavy atom. The summed E-state index contributed by atoms with van der Waals surface area (Å²) in [6.45, 7) is 3.55. The van der Waals surface area contributed by atoms with Gasteiger partial charge in [0, 0.05) is 4.48 Å². The van der Waals surface area contributed by atoms with Crippen molar-refractivity contribution < 1.29 is 0 Å². The summed E-state index contributed by atoms with van der Waals surface area (Å²) in [6, 6.07) is 0. The highest BCUT2D eigenvalue weighted by atomic mass is 79.9. The Balaban J connectivity index is 3.49. The zero-order chi connectivity index (χ0) is 5.70. The van der Waals surface area contributed by atoms with Crippen LogP contribution in [0.5, 0.6) is 0 Å². The quantitative estimate of drug-likeness (QED) is 0.587. The molecule has 0 saturated carbocycles. The van der Waals surface area contributed by atoms with Gasteiger partial charge < -0.3 is 0 Å². The average Bonchev–Trinajstić information content (AvgIpc) is 1.68. The molecule has 0 bridgehead atoms. The molecule has 0 saturated heterocycles. The molecule has 0 radical (unpaired) electrons. The Kier molecular flexibility index (Phi) is 4.67. The van der Waals surface area contributed by atoms with Gasteiger partial charge in [0.2, 0.25) is 0 Å². The number of hydrogen-bond acceptors (Lipinski definition) is 1. The molecule has 0 aromatic heterocycles. The predicted molar refractivity (Wildman–Crippen MR) is 40.7 cm³/mol. The van der Waals surface area contributed by atoms with Crippen LogP contribution in [-0.4, -0.2) is 6.26 Å². The Bertz CT molecular complexity index is 86.1. The van der Waals surface area contributed by atoms with E-state index in [9.17, 15) is 0 Å². The van der Waals surface area contributed by atoms with Gasteiger partial charge in [0.15, 0.2) is 0 Å². The summed E-state index contributed by atoms with van der Waals surface area (Å²) in [6.07, 6.45) is 3.77. The highest BCUT2D eigenvalue weighted by Crippen LogP contribution is 2.09. The van der Waals surface area contributed by atoms with Crippen LogP contribution in [0.25, 0.3) is 0 Å². The molecule has 0 N–H and O–H groups in total. The summed E-state index contributed by atoms with van der Waals surface area (Å²) in [5.74, 6) is 0. The van der Waals surface area contributed by atoms with Crippen LogP contribution in [0, 0.1) is 0 Å². The van der Waals surface area contributed by atoms with E-state index in [-0.39, 0.29) is 0 Å². The lowest BCUT2D eigenvalue weighted by molar-refractivity contribution is 2.06. The first-order valence-electron chi connectivity index (χ1n) is 1.82. The topological polar surface area (TPSA) is 0 Å². The number of hydrogen-bond donors (Lipinski definition) is 0. The molecule has 0 aliphatic rings. The number of thioether (sulfide) groups is 1. The molecule has 0 aromatic rings. The van der Waals surface area contributed by atoms with E-state index in [1.165, 1.54) is 0 Å². The summed E-state index contributed by atoms with van der Waals surface area (Å²) in [4.78, 5) is 0. The number of halogens is 1. The van der Waals surface area contributed by atoms with E-state index in [0.717, 1.165) is 4.48 Å². The Labute approximate surface area is 56.8 Å². The van der Waals surface area contributed by atoms with Crippen LogP contribution < -0.4 is 0 Å². The fourth-order valence-corrected chi connectivity index (χ4v) is 1.04. The zero-order valence-electron chi connectivity index (χ0n) is 4.15. The van der Waals surface area contributed by atoms with Gasteiger partial charge in [-0.05, 0) is 11.7 Å². The Morgan fingerprint density at radius 3 is 2.57 bits per heavy atom. The van der Waals surface area contributed by atoms with Crippen LogP contribution in [-0.2, 0) is 0 Å². The Morgan fingerprint density at radius 1 is 1.86 bits per heavy atom. The van der Waals surface area contributed by atoms with Gasteiger partial charge in [-0.1, -0.05) is 28.6 Å². The van der Waals surface area contributed by atoms with Gasteiger partial charge in [-0.3, -0.25) is 0 Å². The first-order valence-corrected chi connectivity index (χ1v) is 3.90. The van der Waals surface area contributed by atoms with E-state index in [0.29, 0.717) is 0 Å². The average molecular weight is 179 g/mol. The minimum absolute atomic E-state index is 1.04. The summed E-state index contributed by atoms with van der Waals surface area (Å²) >= 11 is 4.91. The minimum Gasteiger partial charge on any atom is -0.136 e. The normalized spacial score (nSPS) is 11.4. The van der Waals surface area contributed by atoms with E-state index in [2.05, 4.69) is 22.5 Å². The summed E-state index contributed by atoms with van der Waals surface area (Å²) in [5.41, 5.74) is 0. The van der Waals surface area contributed by atoms with Crippen molar-refractivity contribution in [2.24, 2.45) is 0 Å². The molecular formula is C5H7BrS. The van der Waals surface area contributed by atoms with Gasteiger partial charge in [0.05, 0.1) is 0 Å². The van der Waals surface area contributed by atoms with E-state index >= 15 is 0 Å². The lowest BCUT2D eigenvalue weighted by atomic mass is 10.6. The SMILES string of the molecule is C=C/C(Br)=C\SC. The highest BCUT2D eigenvalue weighted by molar-refractivity contribution is 9.12. The molecule has 2 heteroatoms. The first kappa shape index (κ1) is 7.31. The van der Waals surface area contributed by atoms with Crippen molar-refractivity contribution in [2.45, 2.75) is 0 Å². The fourth-order valence-electron chi connectivity index (χ4n) is 0.161. The second kappa shape index (κ2) is 4.47. The molecule has 0 unspecified atom stereocenters. The van der Waals surface area contributed by atoms with Gasteiger partial charge >= 0.3 is 0 Å². The van der Waals surface area contributed by atoms with Crippen molar-refractivity contribution in [3.63, 3.8) is 0 Å². The van der Waals surface area contributed by atoms with Gasteiger partial charge in [-0.2, -0.15) is 0 Å². The lowest BCUT2D eigenvalue weighted by Crippen LogP contribution is -1.52. The third-order valence-electron chi connectivity index (χ3n) is 0.425. The van der Waals surface area contributed by atoms with Crippen LogP contribution >= 0.6 is 27.7 Å².